The van der Waals surface area contributed by atoms with Crippen LogP contribution in [0.2, 0.25) is 0 Å². The van der Waals surface area contributed by atoms with Crippen molar-refractivity contribution in [2.45, 2.75) is 6.54 Å². The maximum atomic E-state index is 12.8. The van der Waals surface area contributed by atoms with Crippen LogP contribution in [0.25, 0.3) is 6.08 Å². The summed E-state index contributed by atoms with van der Waals surface area (Å²) in [6.45, 7) is -0.191. The van der Waals surface area contributed by atoms with E-state index in [1.807, 2.05) is 0 Å². The number of hydrogen-bond donors (Lipinski definition) is 1. The van der Waals surface area contributed by atoms with Crippen LogP contribution >= 0.6 is 0 Å². The highest BCUT2D eigenvalue weighted by Gasteiger charge is 2.34. The Labute approximate surface area is 191 Å². The van der Waals surface area contributed by atoms with Gasteiger partial charge in [-0.25, -0.2) is 14.6 Å². The Morgan fingerprint density at radius 1 is 1.21 bits per heavy atom. The van der Waals surface area contributed by atoms with Gasteiger partial charge in [0.1, 0.15) is 23.4 Å². The number of ether oxygens (including phenoxy) is 2. The van der Waals surface area contributed by atoms with E-state index in [-0.39, 0.29) is 35.3 Å². The number of methoxy groups -OCH3 is 1. The first-order chi connectivity index (χ1) is 16.4. The molecule has 0 spiro atoms. The number of furan rings is 1. The number of amides is 3. The van der Waals surface area contributed by atoms with Gasteiger partial charge >= 0.3 is 12.0 Å². The van der Waals surface area contributed by atoms with Gasteiger partial charge in [0.25, 0.3) is 11.6 Å². The zero-order valence-electron chi connectivity index (χ0n) is 17.6. The standard InChI is InChI=1S/C22H16N4O8/c1-32-21(28)18-8-7-15(33-18)12-25-20(27)16(24-22(25)29)10-13-4-2-3-5-17(13)34-19-9-6-14(11-23-19)26(30)31/h2-11H,12H2,1H3,(H,24,29)/b16-10-. The van der Waals surface area contributed by atoms with Gasteiger partial charge in [0.15, 0.2) is 0 Å². The third-order valence-electron chi connectivity index (χ3n) is 4.69. The number of rotatable bonds is 7. The lowest BCUT2D eigenvalue weighted by Gasteiger charge is -2.09. The summed E-state index contributed by atoms with van der Waals surface area (Å²) in [5, 5.41) is 13.3. The summed E-state index contributed by atoms with van der Waals surface area (Å²) in [7, 11) is 1.21. The van der Waals surface area contributed by atoms with Crippen molar-refractivity contribution in [3.8, 4) is 11.6 Å². The van der Waals surface area contributed by atoms with Crippen molar-refractivity contribution in [3.05, 3.63) is 87.6 Å². The molecule has 1 fully saturated rings. The SMILES string of the molecule is COC(=O)c1ccc(CN2C(=O)N/C(=C\c3ccccc3Oc3ccc([N+](=O)[O-])cn3)C2=O)o1. The molecule has 172 valence electrons. The first kappa shape index (κ1) is 22.2. The van der Waals surface area contributed by atoms with Crippen LogP contribution in [0.15, 0.2) is 64.8 Å². The number of imide groups is 1. The first-order valence-electron chi connectivity index (χ1n) is 9.74. The van der Waals surface area contributed by atoms with Crippen LogP contribution in [0.1, 0.15) is 21.9 Å². The highest BCUT2D eigenvalue weighted by molar-refractivity contribution is 6.14. The zero-order chi connectivity index (χ0) is 24.2. The Morgan fingerprint density at radius 3 is 2.71 bits per heavy atom. The molecule has 34 heavy (non-hydrogen) atoms. The van der Waals surface area contributed by atoms with E-state index >= 15 is 0 Å². The van der Waals surface area contributed by atoms with Crippen LogP contribution in [0.5, 0.6) is 11.6 Å². The second-order valence-corrected chi connectivity index (χ2v) is 6.89. The number of aromatic nitrogens is 1. The maximum absolute atomic E-state index is 12.8. The molecule has 0 radical (unpaired) electrons. The topological polar surface area (TPSA) is 154 Å². The van der Waals surface area contributed by atoms with Crippen molar-refractivity contribution in [2.75, 3.05) is 7.11 Å². The molecular weight excluding hydrogens is 448 g/mol. The van der Waals surface area contributed by atoms with Gasteiger partial charge in [0, 0.05) is 17.7 Å². The quantitative estimate of drug-likeness (QED) is 0.182. The van der Waals surface area contributed by atoms with Crippen molar-refractivity contribution < 1.29 is 33.2 Å². The van der Waals surface area contributed by atoms with Crippen molar-refractivity contribution in [3.63, 3.8) is 0 Å². The van der Waals surface area contributed by atoms with Crippen molar-refractivity contribution in [2.24, 2.45) is 0 Å². The minimum absolute atomic E-state index is 0.00236. The molecule has 3 heterocycles. The average molecular weight is 464 g/mol. The van der Waals surface area contributed by atoms with E-state index in [1.165, 1.54) is 37.5 Å². The molecule has 3 amide bonds. The Kier molecular flexibility index (Phi) is 6.03. The molecular formula is C22H16N4O8. The van der Waals surface area contributed by atoms with E-state index < -0.39 is 22.8 Å². The molecule has 12 nitrogen and oxygen atoms in total. The number of nitrogens with one attached hydrogen (secondary N) is 1. The number of carbonyl (C=O) groups excluding carboxylic acids is 3. The van der Waals surface area contributed by atoms with Crippen LogP contribution in [-0.4, -0.2) is 39.8 Å². The first-order valence-corrected chi connectivity index (χ1v) is 9.74. The largest absolute Gasteiger partial charge is 0.463 e. The fourth-order valence-electron chi connectivity index (χ4n) is 3.05. The molecule has 12 heteroatoms. The van der Waals surface area contributed by atoms with Crippen LogP contribution in [0.4, 0.5) is 10.5 Å². The molecule has 1 aromatic carbocycles. The van der Waals surface area contributed by atoms with Crippen LogP contribution in [-0.2, 0) is 16.1 Å². The van der Waals surface area contributed by atoms with E-state index in [1.54, 1.807) is 24.3 Å². The lowest BCUT2D eigenvalue weighted by atomic mass is 10.1. The normalized spacial score (nSPS) is 14.3. The van der Waals surface area contributed by atoms with Gasteiger partial charge in [-0.2, -0.15) is 0 Å². The predicted molar refractivity (Wildman–Crippen MR) is 115 cm³/mol. The summed E-state index contributed by atoms with van der Waals surface area (Å²) in [6, 6.07) is 11.5. The number of urea groups is 1. The van der Waals surface area contributed by atoms with Crippen LogP contribution in [0, 0.1) is 10.1 Å². The molecule has 2 aromatic heterocycles. The summed E-state index contributed by atoms with van der Waals surface area (Å²) < 4.78 is 15.6. The molecule has 0 aliphatic carbocycles. The second kappa shape index (κ2) is 9.24. The lowest BCUT2D eigenvalue weighted by Crippen LogP contribution is -2.30. The number of pyridine rings is 1. The predicted octanol–water partition coefficient (Wildman–Crippen LogP) is 3.25. The number of nitrogens with zero attached hydrogens (tertiary/aromatic N) is 3. The van der Waals surface area contributed by atoms with Gasteiger partial charge in [0.05, 0.1) is 18.6 Å². The van der Waals surface area contributed by atoms with Gasteiger partial charge in [-0.15, -0.1) is 0 Å². The number of carbonyl (C=O) groups is 3. The summed E-state index contributed by atoms with van der Waals surface area (Å²) in [6.07, 6.45) is 2.50. The number of hydrogen-bond acceptors (Lipinski definition) is 9. The average Bonchev–Trinajstić information content (AvgIpc) is 3.40. The van der Waals surface area contributed by atoms with Crippen LogP contribution in [0.3, 0.4) is 0 Å². The van der Waals surface area contributed by atoms with E-state index in [0.717, 1.165) is 11.1 Å². The highest BCUT2D eigenvalue weighted by atomic mass is 16.6. The van der Waals surface area contributed by atoms with E-state index in [4.69, 9.17) is 9.15 Å². The minimum Gasteiger partial charge on any atom is -0.463 e. The molecule has 0 unspecified atom stereocenters. The number of para-hydroxylation sites is 1. The molecule has 1 aliphatic rings. The van der Waals surface area contributed by atoms with Crippen molar-refractivity contribution in [1.29, 1.82) is 0 Å². The van der Waals surface area contributed by atoms with Crippen molar-refractivity contribution in [1.82, 2.24) is 15.2 Å². The molecule has 0 saturated carbocycles. The van der Waals surface area contributed by atoms with Gasteiger partial charge < -0.3 is 19.2 Å². The van der Waals surface area contributed by atoms with Gasteiger partial charge in [-0.1, -0.05) is 18.2 Å². The van der Waals surface area contributed by atoms with E-state index in [2.05, 4.69) is 15.0 Å². The lowest BCUT2D eigenvalue weighted by molar-refractivity contribution is -0.385. The summed E-state index contributed by atoms with van der Waals surface area (Å²) in [4.78, 5) is 51.7. The summed E-state index contributed by atoms with van der Waals surface area (Å²) in [5.74, 6) is -0.693. The smallest absolute Gasteiger partial charge is 0.373 e. The van der Waals surface area contributed by atoms with Crippen LogP contribution < -0.4 is 10.1 Å². The molecule has 1 aliphatic heterocycles. The van der Waals surface area contributed by atoms with Gasteiger partial charge in [0.2, 0.25) is 11.6 Å². The Bertz CT molecular complexity index is 1310. The highest BCUT2D eigenvalue weighted by Crippen LogP contribution is 2.28. The van der Waals surface area contributed by atoms with E-state index in [0.29, 0.717) is 11.3 Å². The number of esters is 1. The molecule has 1 N–H and O–H groups in total. The summed E-state index contributed by atoms with van der Waals surface area (Å²) >= 11 is 0. The Hall–Kier alpha value is -5.00. The maximum Gasteiger partial charge on any atom is 0.373 e. The number of nitro groups is 1. The third kappa shape index (κ3) is 4.60. The fraction of sp³-hybridized carbons (Fsp3) is 0.0909. The van der Waals surface area contributed by atoms with Crippen molar-refractivity contribution >= 4 is 29.7 Å². The molecule has 0 atom stereocenters. The monoisotopic (exact) mass is 464 g/mol. The fourth-order valence-corrected chi connectivity index (χ4v) is 3.05. The molecule has 3 aromatic rings. The van der Waals surface area contributed by atoms with Gasteiger partial charge in [-0.3, -0.25) is 19.8 Å². The third-order valence-corrected chi connectivity index (χ3v) is 4.69. The molecule has 1 saturated heterocycles. The second-order valence-electron chi connectivity index (χ2n) is 6.89. The summed E-state index contributed by atoms with van der Waals surface area (Å²) in [5.41, 5.74) is 0.272. The minimum atomic E-state index is -0.678. The Balaban J connectivity index is 1.52. The zero-order valence-corrected chi connectivity index (χ0v) is 17.6. The molecule has 4 rings (SSSR count). The molecule has 0 bridgehead atoms. The van der Waals surface area contributed by atoms with E-state index in [9.17, 15) is 24.5 Å². The van der Waals surface area contributed by atoms with Gasteiger partial charge in [-0.05, 0) is 24.3 Å². The Morgan fingerprint density at radius 2 is 2.00 bits per heavy atom. The number of benzene rings is 1.